The number of hydrogen-bond acceptors (Lipinski definition) is 1. The van der Waals surface area contributed by atoms with Crippen LogP contribution in [0.4, 0.5) is 0 Å². The molecular weight excluding hydrogens is 346 g/mol. The summed E-state index contributed by atoms with van der Waals surface area (Å²) in [5, 5.41) is 10.0. The van der Waals surface area contributed by atoms with Gasteiger partial charge < -0.3 is 0 Å². The van der Waals surface area contributed by atoms with Crippen LogP contribution in [-0.4, -0.2) is 5.33 Å². The fourth-order valence-corrected chi connectivity index (χ4v) is 3.54. The Balaban J connectivity index is 3.32. The van der Waals surface area contributed by atoms with Crippen LogP contribution in [-0.2, 0) is 0 Å². The largest absolute Gasteiger partial charge is 0.198 e. The Morgan fingerprint density at radius 3 is 1.74 bits per heavy atom. The second kappa shape index (κ2) is 19.8. The third kappa shape index (κ3) is 17.9. The number of allylic oxidation sites excluding steroid dienone is 1. The normalized spacial score (nSPS) is 12.0. The van der Waals surface area contributed by atoms with Crippen LogP contribution in [0.3, 0.4) is 0 Å². The smallest absolute Gasteiger partial charge is 0.0624 e. The molecule has 0 rings (SSSR count). The van der Waals surface area contributed by atoms with Gasteiger partial charge in [0.2, 0.25) is 0 Å². The molecule has 1 unspecified atom stereocenters. The van der Waals surface area contributed by atoms with Crippen LogP contribution in [0.1, 0.15) is 103 Å². The van der Waals surface area contributed by atoms with Crippen molar-refractivity contribution in [3.8, 4) is 6.07 Å². The van der Waals surface area contributed by atoms with Crippen LogP contribution in [0.25, 0.3) is 0 Å². The lowest BCUT2D eigenvalue weighted by atomic mass is 9.93. The van der Waals surface area contributed by atoms with Gasteiger partial charge in [0.05, 0.1) is 6.07 Å². The fourth-order valence-electron chi connectivity index (χ4n) is 3.14. The van der Waals surface area contributed by atoms with Gasteiger partial charge in [0.1, 0.15) is 0 Å². The van der Waals surface area contributed by atoms with Crippen molar-refractivity contribution in [2.45, 2.75) is 103 Å². The Morgan fingerprint density at radius 1 is 0.783 bits per heavy atom. The van der Waals surface area contributed by atoms with Gasteiger partial charge in [-0.1, -0.05) is 86.2 Å². The van der Waals surface area contributed by atoms with Crippen molar-refractivity contribution in [2.24, 2.45) is 5.92 Å². The van der Waals surface area contributed by atoms with E-state index >= 15 is 0 Å². The maximum absolute atomic E-state index is 8.92. The second-order valence-corrected chi connectivity index (χ2v) is 7.61. The molecule has 0 heterocycles. The number of rotatable bonds is 18. The maximum Gasteiger partial charge on any atom is 0.0624 e. The van der Waals surface area contributed by atoms with Crippen LogP contribution in [0.5, 0.6) is 0 Å². The van der Waals surface area contributed by atoms with Crippen LogP contribution in [0, 0.1) is 17.2 Å². The minimum atomic E-state index is 0.648. The summed E-state index contributed by atoms with van der Waals surface area (Å²) in [5.74, 6) is 0.648. The number of hydrogen-bond donors (Lipinski definition) is 0. The SMILES string of the molecule is C=CCCCCCCCCCCCCC(CC#N)CCCCBr. The van der Waals surface area contributed by atoms with E-state index < -0.39 is 0 Å². The Bertz CT molecular complexity index is 282. The molecule has 0 aliphatic carbocycles. The van der Waals surface area contributed by atoms with Crippen molar-refractivity contribution >= 4 is 15.9 Å². The van der Waals surface area contributed by atoms with E-state index in [0.717, 1.165) is 11.8 Å². The van der Waals surface area contributed by atoms with E-state index in [4.69, 9.17) is 5.26 Å². The first-order chi connectivity index (χ1) is 11.3. The first-order valence-corrected chi connectivity index (χ1v) is 11.0. The third-order valence-corrected chi connectivity index (χ3v) is 5.21. The molecule has 23 heavy (non-hydrogen) atoms. The van der Waals surface area contributed by atoms with Gasteiger partial charge in [-0.05, 0) is 38.0 Å². The monoisotopic (exact) mass is 383 g/mol. The summed E-state index contributed by atoms with van der Waals surface area (Å²) in [7, 11) is 0. The van der Waals surface area contributed by atoms with Crippen molar-refractivity contribution in [2.75, 3.05) is 5.33 Å². The van der Waals surface area contributed by atoms with E-state index in [9.17, 15) is 0 Å². The number of nitrogens with zero attached hydrogens (tertiary/aromatic N) is 1. The predicted molar refractivity (Wildman–Crippen MR) is 107 cm³/mol. The summed E-state index contributed by atoms with van der Waals surface area (Å²) < 4.78 is 0. The zero-order valence-electron chi connectivity index (χ0n) is 15.2. The quantitative estimate of drug-likeness (QED) is 0.134. The molecule has 0 saturated carbocycles. The van der Waals surface area contributed by atoms with Crippen molar-refractivity contribution in [1.29, 1.82) is 5.26 Å². The first-order valence-electron chi connectivity index (χ1n) is 9.89. The van der Waals surface area contributed by atoms with Gasteiger partial charge in [0, 0.05) is 11.8 Å². The second-order valence-electron chi connectivity index (χ2n) is 6.81. The minimum Gasteiger partial charge on any atom is -0.198 e. The lowest BCUT2D eigenvalue weighted by Gasteiger charge is -2.12. The zero-order valence-corrected chi connectivity index (χ0v) is 16.8. The fraction of sp³-hybridized carbons (Fsp3) is 0.857. The third-order valence-electron chi connectivity index (χ3n) is 4.65. The van der Waals surface area contributed by atoms with Gasteiger partial charge in [-0.25, -0.2) is 0 Å². The van der Waals surface area contributed by atoms with Crippen molar-refractivity contribution in [3.63, 3.8) is 0 Å². The van der Waals surface area contributed by atoms with E-state index in [1.54, 1.807) is 0 Å². The standard InChI is InChI=1S/C21H38BrN/c1-2-3-4-5-6-7-8-9-10-11-12-13-16-21(18-20-23)17-14-15-19-22/h2,21H,1,3-19H2. The van der Waals surface area contributed by atoms with Crippen molar-refractivity contribution < 1.29 is 0 Å². The molecule has 0 aromatic carbocycles. The number of alkyl halides is 1. The molecule has 0 radical (unpaired) electrons. The molecule has 1 atom stereocenters. The summed E-state index contributed by atoms with van der Waals surface area (Å²) in [6, 6.07) is 2.37. The highest BCUT2D eigenvalue weighted by Crippen LogP contribution is 2.21. The highest BCUT2D eigenvalue weighted by atomic mass is 79.9. The molecule has 134 valence electrons. The van der Waals surface area contributed by atoms with E-state index in [0.29, 0.717) is 5.92 Å². The van der Waals surface area contributed by atoms with Gasteiger partial charge in [-0.2, -0.15) is 5.26 Å². The van der Waals surface area contributed by atoms with Crippen LogP contribution in [0.15, 0.2) is 12.7 Å². The number of nitriles is 1. The molecule has 1 nitrogen and oxygen atoms in total. The summed E-state index contributed by atoms with van der Waals surface area (Å²) in [4.78, 5) is 0. The van der Waals surface area contributed by atoms with Gasteiger partial charge >= 0.3 is 0 Å². The lowest BCUT2D eigenvalue weighted by molar-refractivity contribution is 0.417. The molecule has 2 heteroatoms. The Labute approximate surface area is 154 Å². The number of halogens is 1. The van der Waals surface area contributed by atoms with E-state index in [1.807, 2.05) is 6.08 Å². The van der Waals surface area contributed by atoms with Crippen molar-refractivity contribution in [1.82, 2.24) is 0 Å². The van der Waals surface area contributed by atoms with E-state index in [-0.39, 0.29) is 0 Å². The molecule has 0 amide bonds. The van der Waals surface area contributed by atoms with Crippen LogP contribution >= 0.6 is 15.9 Å². The molecular formula is C21H38BrN. The molecule has 0 bridgehead atoms. The first kappa shape index (κ1) is 22.7. The molecule has 0 saturated heterocycles. The van der Waals surface area contributed by atoms with Gasteiger partial charge in [0.15, 0.2) is 0 Å². The highest BCUT2D eigenvalue weighted by Gasteiger charge is 2.07. The van der Waals surface area contributed by atoms with E-state index in [2.05, 4.69) is 28.6 Å². The average molecular weight is 384 g/mol. The summed E-state index contributed by atoms with van der Waals surface area (Å²) in [6.45, 7) is 3.77. The summed E-state index contributed by atoms with van der Waals surface area (Å²) >= 11 is 3.48. The average Bonchev–Trinajstić information content (AvgIpc) is 2.56. The van der Waals surface area contributed by atoms with Crippen molar-refractivity contribution in [3.05, 3.63) is 12.7 Å². The molecule has 0 aromatic heterocycles. The van der Waals surface area contributed by atoms with Gasteiger partial charge in [-0.15, -0.1) is 6.58 Å². The lowest BCUT2D eigenvalue weighted by Crippen LogP contribution is -2.00. The molecule has 0 aliphatic heterocycles. The molecule has 0 fully saturated rings. The van der Waals surface area contributed by atoms with Gasteiger partial charge in [0.25, 0.3) is 0 Å². The van der Waals surface area contributed by atoms with E-state index in [1.165, 1.54) is 96.3 Å². The van der Waals surface area contributed by atoms with Crippen LogP contribution < -0.4 is 0 Å². The molecule has 0 N–H and O–H groups in total. The summed E-state index contributed by atoms with van der Waals surface area (Å²) in [5.41, 5.74) is 0. The van der Waals surface area contributed by atoms with Crippen LogP contribution in [0.2, 0.25) is 0 Å². The number of unbranched alkanes of at least 4 members (excludes halogenated alkanes) is 11. The predicted octanol–water partition coefficient (Wildman–Crippen LogP) is 7.95. The Kier molecular flexibility index (Phi) is 19.5. The Morgan fingerprint density at radius 2 is 1.26 bits per heavy atom. The molecule has 0 spiro atoms. The topological polar surface area (TPSA) is 23.8 Å². The summed E-state index contributed by atoms with van der Waals surface area (Å²) in [6.07, 6.45) is 22.8. The molecule has 0 aliphatic rings. The zero-order chi connectivity index (χ0) is 17.0. The maximum atomic E-state index is 8.92. The van der Waals surface area contributed by atoms with Gasteiger partial charge in [-0.3, -0.25) is 0 Å². The highest BCUT2D eigenvalue weighted by molar-refractivity contribution is 9.09. The Hall–Kier alpha value is -0.290. The molecule has 0 aromatic rings. The minimum absolute atomic E-state index is 0.648.